The average Bonchev–Trinajstić information content (AvgIpc) is 1.59. The van der Waals surface area contributed by atoms with Gasteiger partial charge >= 0.3 is 0 Å². The second-order valence-corrected chi connectivity index (χ2v) is 10.4. The van der Waals surface area contributed by atoms with Crippen LogP contribution in [0.1, 0.15) is 13.8 Å². The second-order valence-electron chi connectivity index (χ2n) is 3.63. The molecule has 0 aliphatic heterocycles. The third-order valence-corrected chi connectivity index (χ3v) is 2.11. The van der Waals surface area contributed by atoms with Crippen LogP contribution in [0.5, 0.6) is 0 Å². The van der Waals surface area contributed by atoms with Crippen LogP contribution in [0.15, 0.2) is 0 Å². The molecule has 0 fully saturated rings. The van der Waals surface area contributed by atoms with Gasteiger partial charge in [0, 0.05) is 6.61 Å². The van der Waals surface area contributed by atoms with E-state index in [4.69, 9.17) is 15.8 Å². The molecule has 3 heteroatoms. The minimum Gasteiger partial charge on any atom is -0.383 e. The van der Waals surface area contributed by atoms with E-state index in [0.717, 1.165) is 12.8 Å². The molecule has 0 atom stereocenters. The second kappa shape index (κ2) is 4.37. The third kappa shape index (κ3) is 8.47. The SMILES string of the molecule is CC(C)COC[Si](C)(C)Cl. The summed E-state index contributed by atoms with van der Waals surface area (Å²) < 4.78 is 5.39. The van der Waals surface area contributed by atoms with Gasteiger partial charge in [-0.25, -0.2) is 0 Å². The van der Waals surface area contributed by atoms with Gasteiger partial charge in [-0.3, -0.25) is 0 Å². The Labute approximate surface area is 69.4 Å². The van der Waals surface area contributed by atoms with Crippen molar-refractivity contribution in [1.29, 1.82) is 0 Å². The molecule has 62 valence electrons. The van der Waals surface area contributed by atoms with Gasteiger partial charge in [-0.05, 0) is 5.92 Å². The quantitative estimate of drug-likeness (QED) is 0.478. The maximum atomic E-state index is 6.03. The monoisotopic (exact) mass is 180 g/mol. The van der Waals surface area contributed by atoms with Crippen molar-refractivity contribution in [2.45, 2.75) is 26.9 Å². The average molecular weight is 181 g/mol. The standard InChI is InChI=1S/C7H17ClOSi/c1-7(2)5-9-6-10(3,4)8/h7H,5-6H2,1-4H3. The Balaban J connectivity index is 3.21. The molecule has 0 aromatic rings. The van der Waals surface area contributed by atoms with E-state index < -0.39 is 7.38 Å². The molecule has 0 saturated carbocycles. The molecule has 0 aromatic heterocycles. The lowest BCUT2D eigenvalue weighted by Crippen LogP contribution is -2.26. The molecule has 0 spiro atoms. The molecule has 10 heavy (non-hydrogen) atoms. The van der Waals surface area contributed by atoms with Gasteiger partial charge in [0.25, 0.3) is 0 Å². The number of rotatable bonds is 4. The van der Waals surface area contributed by atoms with Crippen molar-refractivity contribution in [2.24, 2.45) is 5.92 Å². The fourth-order valence-corrected chi connectivity index (χ4v) is 1.37. The summed E-state index contributed by atoms with van der Waals surface area (Å²) in [6.07, 6.45) is 0.771. The lowest BCUT2D eigenvalue weighted by atomic mass is 10.2. The highest BCUT2D eigenvalue weighted by Gasteiger charge is 2.16. The van der Waals surface area contributed by atoms with Crippen LogP contribution in [0.3, 0.4) is 0 Å². The summed E-state index contributed by atoms with van der Waals surface area (Å²) in [5.74, 6) is 0.619. The summed E-state index contributed by atoms with van der Waals surface area (Å²) in [4.78, 5) is 0. The molecule has 0 rings (SSSR count). The van der Waals surface area contributed by atoms with Crippen molar-refractivity contribution in [1.82, 2.24) is 0 Å². The molecule has 0 radical (unpaired) electrons. The molecule has 0 bridgehead atoms. The van der Waals surface area contributed by atoms with Crippen molar-refractivity contribution >= 4 is 18.5 Å². The zero-order valence-electron chi connectivity index (χ0n) is 7.28. The summed E-state index contributed by atoms with van der Waals surface area (Å²) in [5.41, 5.74) is 0. The number of halogens is 1. The normalized spacial score (nSPS) is 12.6. The molecule has 0 aliphatic carbocycles. The van der Waals surface area contributed by atoms with Crippen LogP contribution in [-0.2, 0) is 4.74 Å². The molecule has 0 saturated heterocycles. The van der Waals surface area contributed by atoms with E-state index in [1.165, 1.54) is 0 Å². The first kappa shape index (κ1) is 10.5. The summed E-state index contributed by atoms with van der Waals surface area (Å²) in [6, 6.07) is 0. The highest BCUT2D eigenvalue weighted by molar-refractivity contribution is 7.19. The van der Waals surface area contributed by atoms with Crippen molar-refractivity contribution in [3.63, 3.8) is 0 Å². The van der Waals surface area contributed by atoms with Gasteiger partial charge in [-0.15, -0.1) is 0 Å². The zero-order chi connectivity index (χ0) is 8.20. The van der Waals surface area contributed by atoms with Crippen LogP contribution < -0.4 is 0 Å². The lowest BCUT2D eigenvalue weighted by molar-refractivity contribution is 0.145. The van der Waals surface area contributed by atoms with Crippen LogP contribution >= 0.6 is 11.1 Å². The van der Waals surface area contributed by atoms with Gasteiger partial charge in [-0.1, -0.05) is 26.9 Å². The van der Waals surface area contributed by atoms with E-state index in [-0.39, 0.29) is 0 Å². The Morgan fingerprint density at radius 1 is 1.40 bits per heavy atom. The highest BCUT2D eigenvalue weighted by Crippen LogP contribution is 2.07. The Kier molecular flexibility index (Phi) is 4.57. The largest absolute Gasteiger partial charge is 0.383 e. The van der Waals surface area contributed by atoms with Gasteiger partial charge in [0.15, 0.2) is 7.38 Å². The molecule has 0 heterocycles. The number of ether oxygens (including phenoxy) is 1. The Bertz CT molecular complexity index is 88.1. The van der Waals surface area contributed by atoms with Gasteiger partial charge < -0.3 is 4.74 Å². The van der Waals surface area contributed by atoms with Crippen LogP contribution in [0.2, 0.25) is 13.1 Å². The van der Waals surface area contributed by atoms with Crippen LogP contribution in [-0.4, -0.2) is 20.2 Å². The first-order valence-electron chi connectivity index (χ1n) is 3.68. The molecule has 0 N–H and O–H groups in total. The Hall–Kier alpha value is 0.467. The summed E-state index contributed by atoms with van der Waals surface area (Å²) in [5, 5.41) is 0. The maximum Gasteiger partial charge on any atom is 0.176 e. The minimum atomic E-state index is -1.47. The summed E-state index contributed by atoms with van der Waals surface area (Å²) in [6.45, 7) is 9.30. The maximum absolute atomic E-state index is 6.03. The molecule has 0 amide bonds. The Morgan fingerprint density at radius 3 is 2.20 bits per heavy atom. The summed E-state index contributed by atoms with van der Waals surface area (Å²) in [7, 11) is -1.47. The van der Waals surface area contributed by atoms with Crippen LogP contribution in [0.25, 0.3) is 0 Å². The van der Waals surface area contributed by atoms with E-state index >= 15 is 0 Å². The minimum absolute atomic E-state index is 0.619. The fraction of sp³-hybridized carbons (Fsp3) is 1.00. The topological polar surface area (TPSA) is 9.23 Å². The molecular formula is C7H17ClOSi. The van der Waals surface area contributed by atoms with Crippen LogP contribution in [0.4, 0.5) is 0 Å². The van der Waals surface area contributed by atoms with Gasteiger partial charge in [0.2, 0.25) is 0 Å². The van der Waals surface area contributed by atoms with E-state index in [0.29, 0.717) is 5.92 Å². The molecule has 0 aliphatic rings. The summed E-state index contributed by atoms with van der Waals surface area (Å²) >= 11 is 6.03. The first-order valence-corrected chi connectivity index (χ1v) is 7.90. The van der Waals surface area contributed by atoms with E-state index in [9.17, 15) is 0 Å². The van der Waals surface area contributed by atoms with Crippen LogP contribution in [0, 0.1) is 5.92 Å². The van der Waals surface area contributed by atoms with Gasteiger partial charge in [-0.2, -0.15) is 11.1 Å². The fourth-order valence-electron chi connectivity index (χ4n) is 0.537. The van der Waals surface area contributed by atoms with Gasteiger partial charge in [0.05, 0.1) is 6.23 Å². The number of hydrogen-bond donors (Lipinski definition) is 0. The van der Waals surface area contributed by atoms with E-state index in [2.05, 4.69) is 26.9 Å². The van der Waals surface area contributed by atoms with Crippen molar-refractivity contribution in [3.8, 4) is 0 Å². The highest BCUT2D eigenvalue weighted by atomic mass is 35.6. The van der Waals surface area contributed by atoms with Crippen molar-refractivity contribution in [3.05, 3.63) is 0 Å². The molecular weight excluding hydrogens is 164 g/mol. The van der Waals surface area contributed by atoms with Gasteiger partial charge in [0.1, 0.15) is 0 Å². The Morgan fingerprint density at radius 2 is 1.90 bits per heavy atom. The van der Waals surface area contributed by atoms with E-state index in [1.807, 2.05) is 0 Å². The number of hydrogen-bond acceptors (Lipinski definition) is 1. The predicted octanol–water partition coefficient (Wildman–Crippen LogP) is 2.64. The van der Waals surface area contributed by atoms with Crippen molar-refractivity contribution < 1.29 is 4.74 Å². The van der Waals surface area contributed by atoms with E-state index in [1.54, 1.807) is 0 Å². The van der Waals surface area contributed by atoms with Crippen molar-refractivity contribution in [2.75, 3.05) is 12.8 Å². The molecule has 1 nitrogen and oxygen atoms in total. The predicted molar refractivity (Wildman–Crippen MR) is 49.0 cm³/mol. The molecule has 0 unspecified atom stereocenters. The third-order valence-electron chi connectivity index (χ3n) is 0.896. The lowest BCUT2D eigenvalue weighted by Gasteiger charge is -2.13. The zero-order valence-corrected chi connectivity index (χ0v) is 9.03. The smallest absolute Gasteiger partial charge is 0.176 e. The first-order chi connectivity index (χ1) is 4.42. The molecule has 0 aromatic carbocycles.